The molecule has 0 aromatic heterocycles. The lowest BCUT2D eigenvalue weighted by Crippen LogP contribution is -2.04. The second kappa shape index (κ2) is 8.99. The van der Waals surface area contributed by atoms with Crippen LogP contribution in [0.5, 0.6) is 5.75 Å². The van der Waals surface area contributed by atoms with Gasteiger partial charge in [-0.05, 0) is 54.9 Å². The fraction of sp³-hybridized carbons (Fsp3) is 0.217. The van der Waals surface area contributed by atoms with Crippen LogP contribution in [0, 0.1) is 11.8 Å². The summed E-state index contributed by atoms with van der Waals surface area (Å²) in [6, 6.07) is 1.76. The molecule has 2 aromatic carbocycles. The van der Waals surface area contributed by atoms with E-state index in [-0.39, 0.29) is 16.7 Å². The van der Waals surface area contributed by atoms with E-state index in [1.807, 2.05) is 18.2 Å². The van der Waals surface area contributed by atoms with Crippen molar-refractivity contribution in [2.75, 3.05) is 5.73 Å². The average molecular weight is 544 g/mol. The normalized spacial score (nSPS) is 21.5. The van der Waals surface area contributed by atoms with E-state index in [9.17, 15) is 31.0 Å². The van der Waals surface area contributed by atoms with E-state index in [4.69, 9.17) is 5.73 Å². The molecule has 3 aliphatic rings. The summed E-state index contributed by atoms with van der Waals surface area (Å²) in [4.78, 5) is -1.59. The number of rotatable bonds is 6. The minimum atomic E-state index is -4.95. The van der Waals surface area contributed by atoms with Crippen LogP contribution in [0.4, 0.5) is 17.1 Å². The van der Waals surface area contributed by atoms with Crippen molar-refractivity contribution in [3.05, 3.63) is 60.0 Å². The number of nitrogens with zero attached hydrogens (tertiary/aromatic N) is 4. The molecule has 0 radical (unpaired) electrons. The molecule has 0 bridgehead atoms. The predicted molar refractivity (Wildman–Crippen MR) is 134 cm³/mol. The van der Waals surface area contributed by atoms with Crippen molar-refractivity contribution in [2.45, 2.75) is 29.1 Å². The van der Waals surface area contributed by atoms with Gasteiger partial charge in [0.1, 0.15) is 21.2 Å². The highest BCUT2D eigenvalue weighted by molar-refractivity contribution is 7.86. The summed E-state index contributed by atoms with van der Waals surface area (Å²) in [5.41, 5.74) is 5.88. The molecule has 0 spiro atoms. The van der Waals surface area contributed by atoms with Crippen LogP contribution in [0.1, 0.15) is 19.3 Å². The molecule has 2 atom stereocenters. The number of anilines is 1. The van der Waals surface area contributed by atoms with Gasteiger partial charge in [0.05, 0.1) is 22.5 Å². The number of nitrogen functional groups attached to an aromatic ring is 1. The van der Waals surface area contributed by atoms with Crippen molar-refractivity contribution in [3.63, 3.8) is 0 Å². The van der Waals surface area contributed by atoms with Gasteiger partial charge >= 0.3 is 0 Å². The van der Waals surface area contributed by atoms with Crippen molar-refractivity contribution < 1.29 is 31.0 Å². The van der Waals surface area contributed by atoms with Gasteiger partial charge in [-0.15, -0.1) is 10.2 Å². The Morgan fingerprint density at radius 1 is 0.892 bits per heavy atom. The van der Waals surface area contributed by atoms with Gasteiger partial charge in [0.25, 0.3) is 20.2 Å². The van der Waals surface area contributed by atoms with Crippen molar-refractivity contribution in [2.24, 2.45) is 32.3 Å². The molecule has 1 unspecified atom stereocenters. The molecule has 14 heteroatoms. The molecule has 0 aliphatic heterocycles. The highest BCUT2D eigenvalue weighted by atomic mass is 32.2. The zero-order valence-electron chi connectivity index (χ0n) is 19.1. The smallest absolute Gasteiger partial charge is 0.296 e. The Hall–Kier alpha value is -3.72. The molecule has 1 fully saturated rings. The summed E-state index contributed by atoms with van der Waals surface area (Å²) in [6.45, 7) is 0. The Kier molecular flexibility index (Phi) is 6.06. The molecule has 0 amide bonds. The topological polar surface area (TPSA) is 204 Å². The number of nitrogens with two attached hydrogens (primary N) is 1. The maximum Gasteiger partial charge on any atom is 0.296 e. The van der Waals surface area contributed by atoms with Crippen molar-refractivity contribution >= 4 is 48.1 Å². The molecule has 1 saturated carbocycles. The second-order valence-electron chi connectivity index (χ2n) is 8.76. The average Bonchev–Trinajstić information content (AvgIpc) is 3.62. The number of hydrogen-bond acceptors (Lipinski definition) is 10. The maximum atomic E-state index is 12.2. The first-order chi connectivity index (χ1) is 17.4. The first-order valence-electron chi connectivity index (χ1n) is 11.1. The van der Waals surface area contributed by atoms with E-state index in [0.29, 0.717) is 30.2 Å². The third-order valence-corrected chi connectivity index (χ3v) is 7.98. The fourth-order valence-corrected chi connectivity index (χ4v) is 5.62. The van der Waals surface area contributed by atoms with Gasteiger partial charge in [0, 0.05) is 5.92 Å². The van der Waals surface area contributed by atoms with Gasteiger partial charge in [-0.3, -0.25) is 9.11 Å². The largest absolute Gasteiger partial charge is 0.505 e. The monoisotopic (exact) mass is 543 g/mol. The van der Waals surface area contributed by atoms with E-state index < -0.39 is 52.8 Å². The maximum absolute atomic E-state index is 12.2. The Balaban J connectivity index is 1.74. The number of benzene rings is 2. The first-order valence-corrected chi connectivity index (χ1v) is 14.0. The number of fused-ring (bicyclic) bond motifs is 2. The van der Waals surface area contributed by atoms with E-state index in [1.54, 1.807) is 18.2 Å². The Morgan fingerprint density at radius 3 is 2.22 bits per heavy atom. The standard InChI is InChI=1S/C23H21N5O7S2/c24-20-19-13(10-17(36(30,31)32)21(20)27-26-16-8-4-5-12-9-15(12)16)11-18(37(33,34)35)22(23(19)29)28-25-14-6-2-1-3-7-14/h1-2,4-6,8,10-12,15,29H,3,7,9,24H2,(H,30,31,32)(H,33,34,35)/t12?,15-/m0/s1. The van der Waals surface area contributed by atoms with Crippen LogP contribution in [0.3, 0.4) is 0 Å². The van der Waals surface area contributed by atoms with Gasteiger partial charge < -0.3 is 10.8 Å². The van der Waals surface area contributed by atoms with Crippen LogP contribution in [-0.2, 0) is 20.2 Å². The molecule has 12 nitrogen and oxygen atoms in total. The highest BCUT2D eigenvalue weighted by Crippen LogP contribution is 2.50. The van der Waals surface area contributed by atoms with E-state index in [2.05, 4.69) is 20.5 Å². The lowest BCUT2D eigenvalue weighted by molar-refractivity contribution is 0.472. The number of phenolic OH excluding ortho intramolecular Hbond substituents is 1. The summed E-state index contributed by atoms with van der Waals surface area (Å²) in [5, 5.41) is 26.6. The quantitative estimate of drug-likeness (QED) is 0.218. The van der Waals surface area contributed by atoms with Crippen molar-refractivity contribution in [1.29, 1.82) is 0 Å². The first kappa shape index (κ1) is 25.0. The minimum absolute atomic E-state index is 0.145. The van der Waals surface area contributed by atoms with Crippen molar-refractivity contribution in [1.82, 2.24) is 0 Å². The third-order valence-electron chi connectivity index (χ3n) is 6.25. The summed E-state index contributed by atoms with van der Waals surface area (Å²) in [5.74, 6) is -0.301. The minimum Gasteiger partial charge on any atom is -0.505 e. The van der Waals surface area contributed by atoms with Crippen LogP contribution >= 0.6 is 0 Å². The summed E-state index contributed by atoms with van der Waals surface area (Å²) >= 11 is 0. The lowest BCUT2D eigenvalue weighted by atomic mass is 10.0. The molecule has 5 rings (SSSR count). The molecule has 2 aromatic rings. The van der Waals surface area contributed by atoms with Gasteiger partial charge in [-0.25, -0.2) is 0 Å². The summed E-state index contributed by atoms with van der Waals surface area (Å²) in [6.07, 6.45) is 13.0. The zero-order chi connectivity index (χ0) is 26.5. The molecule has 37 heavy (non-hydrogen) atoms. The Morgan fingerprint density at radius 2 is 1.57 bits per heavy atom. The molecular weight excluding hydrogens is 522 g/mol. The Bertz CT molecular complexity index is 1740. The fourth-order valence-electron chi connectivity index (χ4n) is 4.29. The molecule has 5 N–H and O–H groups in total. The molecule has 192 valence electrons. The van der Waals surface area contributed by atoms with Crippen LogP contribution in [0.2, 0.25) is 0 Å². The molecule has 0 heterocycles. The highest BCUT2D eigenvalue weighted by Gasteiger charge is 2.39. The van der Waals surface area contributed by atoms with Gasteiger partial charge in [-0.2, -0.15) is 27.1 Å². The van der Waals surface area contributed by atoms with Crippen LogP contribution < -0.4 is 5.73 Å². The second-order valence-corrected chi connectivity index (χ2v) is 11.5. The van der Waals surface area contributed by atoms with Crippen LogP contribution in [0.25, 0.3) is 10.8 Å². The molecule has 3 aliphatic carbocycles. The number of hydrogen-bond donors (Lipinski definition) is 4. The van der Waals surface area contributed by atoms with E-state index >= 15 is 0 Å². The van der Waals surface area contributed by atoms with E-state index in [0.717, 1.165) is 18.6 Å². The van der Waals surface area contributed by atoms with Crippen molar-refractivity contribution in [3.8, 4) is 5.75 Å². The van der Waals surface area contributed by atoms with Gasteiger partial charge in [0.2, 0.25) is 0 Å². The number of allylic oxidation sites excluding steroid dienone is 8. The summed E-state index contributed by atoms with van der Waals surface area (Å²) in [7, 11) is -9.87. The van der Waals surface area contributed by atoms with Gasteiger partial charge in [-0.1, -0.05) is 24.3 Å². The number of azo groups is 2. The Labute approximate surface area is 211 Å². The van der Waals surface area contributed by atoms with E-state index in [1.165, 1.54) is 0 Å². The molecular formula is C23H21N5O7S2. The van der Waals surface area contributed by atoms with Crippen LogP contribution in [-0.4, -0.2) is 31.0 Å². The third kappa shape index (κ3) is 4.83. The van der Waals surface area contributed by atoms with Gasteiger partial charge in [0.15, 0.2) is 5.75 Å². The van der Waals surface area contributed by atoms with Crippen LogP contribution in [0.15, 0.2) is 90.2 Å². The number of phenols is 1. The number of aromatic hydroxyl groups is 1. The summed E-state index contributed by atoms with van der Waals surface area (Å²) < 4.78 is 68.2. The predicted octanol–water partition coefficient (Wildman–Crippen LogP) is 5.11. The zero-order valence-corrected chi connectivity index (χ0v) is 20.7. The lowest BCUT2D eigenvalue weighted by Gasteiger charge is -2.14. The molecule has 0 saturated heterocycles. The SMILES string of the molecule is Nc1c(N=NC2=CC=CC3C[C@H]23)c(S(=O)(=O)O)cc2cc(S(=O)(=O)O)c(N=NC3=CC=CCC3)c(O)c12.